The number of piperidine rings is 1. The Balaban J connectivity index is 1.30. The molecule has 0 spiro atoms. The lowest BCUT2D eigenvalue weighted by Crippen LogP contribution is -2.33. The number of aromatic nitrogens is 3. The van der Waals surface area contributed by atoms with Crippen LogP contribution in [-0.4, -0.2) is 33.1 Å². The Morgan fingerprint density at radius 1 is 1.04 bits per heavy atom. The summed E-state index contributed by atoms with van der Waals surface area (Å²) in [5, 5.41) is 4.07. The van der Waals surface area contributed by atoms with Gasteiger partial charge in [0.25, 0.3) is 0 Å². The molecule has 4 rings (SSSR count). The van der Waals surface area contributed by atoms with Crippen molar-refractivity contribution >= 4 is 0 Å². The van der Waals surface area contributed by atoms with Crippen LogP contribution in [0.25, 0.3) is 11.4 Å². The summed E-state index contributed by atoms with van der Waals surface area (Å²) < 4.78 is 5.41. The Bertz CT molecular complexity index is 780. The van der Waals surface area contributed by atoms with Gasteiger partial charge in [-0.15, -0.1) is 0 Å². The van der Waals surface area contributed by atoms with Crippen LogP contribution in [0.2, 0.25) is 0 Å². The molecular weight excluding hydrogens is 312 g/mol. The van der Waals surface area contributed by atoms with Gasteiger partial charge in [-0.1, -0.05) is 35.5 Å². The average molecular weight is 334 g/mol. The fourth-order valence-electron chi connectivity index (χ4n) is 3.42. The molecule has 1 aliphatic heterocycles. The highest BCUT2D eigenvalue weighted by atomic mass is 16.5. The highest BCUT2D eigenvalue weighted by molar-refractivity contribution is 5.51. The minimum Gasteiger partial charge on any atom is -0.338 e. The monoisotopic (exact) mass is 334 g/mol. The Morgan fingerprint density at radius 3 is 2.64 bits per heavy atom. The van der Waals surface area contributed by atoms with Crippen molar-refractivity contribution in [3.05, 3.63) is 66.3 Å². The van der Waals surface area contributed by atoms with Crippen LogP contribution >= 0.6 is 0 Å². The zero-order chi connectivity index (χ0) is 16.9. The number of benzene rings is 1. The average Bonchev–Trinajstić information content (AvgIpc) is 3.14. The first-order chi connectivity index (χ1) is 12.4. The van der Waals surface area contributed by atoms with Gasteiger partial charge in [0.1, 0.15) is 0 Å². The molecule has 3 aromatic rings. The maximum Gasteiger partial charge on any atom is 0.241 e. The molecule has 1 aliphatic rings. The number of likely N-dealkylation sites (tertiary alicyclic amines) is 1. The molecule has 128 valence electrons. The van der Waals surface area contributed by atoms with Crippen LogP contribution in [0.3, 0.4) is 0 Å². The first kappa shape index (κ1) is 16.0. The van der Waals surface area contributed by atoms with E-state index in [9.17, 15) is 0 Å². The number of pyridine rings is 1. The molecule has 5 heteroatoms. The van der Waals surface area contributed by atoms with Gasteiger partial charge in [0.2, 0.25) is 11.7 Å². The predicted octanol–water partition coefficient (Wildman–Crippen LogP) is 3.59. The molecule has 2 aromatic heterocycles. The first-order valence-corrected chi connectivity index (χ1v) is 8.86. The third-order valence-corrected chi connectivity index (χ3v) is 4.82. The van der Waals surface area contributed by atoms with E-state index in [1.165, 1.54) is 24.8 Å². The minimum atomic E-state index is 0.613. The van der Waals surface area contributed by atoms with Gasteiger partial charge in [0, 0.05) is 18.0 Å². The quantitative estimate of drug-likeness (QED) is 0.714. The summed E-state index contributed by atoms with van der Waals surface area (Å²) >= 11 is 0. The second kappa shape index (κ2) is 7.57. The number of hydrogen-bond acceptors (Lipinski definition) is 5. The lowest BCUT2D eigenvalue weighted by molar-refractivity contribution is 0.159. The molecular formula is C20H22N4O. The van der Waals surface area contributed by atoms with E-state index in [4.69, 9.17) is 4.52 Å². The molecule has 1 aromatic carbocycles. The summed E-state index contributed by atoms with van der Waals surface area (Å²) in [6, 6.07) is 14.6. The largest absolute Gasteiger partial charge is 0.338 e. The summed E-state index contributed by atoms with van der Waals surface area (Å²) in [6.07, 6.45) is 7.12. The number of hydrogen-bond donors (Lipinski definition) is 0. The van der Waals surface area contributed by atoms with E-state index in [-0.39, 0.29) is 0 Å². The van der Waals surface area contributed by atoms with Gasteiger partial charge in [-0.05, 0) is 56.0 Å². The van der Waals surface area contributed by atoms with Crippen LogP contribution in [0.4, 0.5) is 0 Å². The maximum atomic E-state index is 5.41. The molecule has 0 N–H and O–H groups in total. The molecule has 0 amide bonds. The second-order valence-electron chi connectivity index (χ2n) is 6.66. The second-order valence-corrected chi connectivity index (χ2v) is 6.66. The molecule has 5 nitrogen and oxygen atoms in total. The van der Waals surface area contributed by atoms with Crippen molar-refractivity contribution in [2.24, 2.45) is 5.92 Å². The SMILES string of the molecule is c1ccc(CC2CCN(Cc3nc(-c4cccnc4)no3)CC2)cc1. The first-order valence-electron chi connectivity index (χ1n) is 8.86. The van der Waals surface area contributed by atoms with Crippen LogP contribution in [-0.2, 0) is 13.0 Å². The van der Waals surface area contributed by atoms with E-state index in [0.717, 1.165) is 31.1 Å². The highest BCUT2D eigenvalue weighted by Gasteiger charge is 2.21. The number of rotatable bonds is 5. The highest BCUT2D eigenvalue weighted by Crippen LogP contribution is 2.23. The Labute approximate surface area is 147 Å². The van der Waals surface area contributed by atoms with Gasteiger partial charge in [-0.2, -0.15) is 4.98 Å². The van der Waals surface area contributed by atoms with Gasteiger partial charge in [-0.3, -0.25) is 9.88 Å². The molecule has 25 heavy (non-hydrogen) atoms. The molecule has 0 saturated carbocycles. The summed E-state index contributed by atoms with van der Waals surface area (Å²) in [5.41, 5.74) is 2.33. The Hall–Kier alpha value is -2.53. The van der Waals surface area contributed by atoms with Crippen molar-refractivity contribution in [2.75, 3.05) is 13.1 Å². The summed E-state index contributed by atoms with van der Waals surface area (Å²) in [7, 11) is 0. The maximum absolute atomic E-state index is 5.41. The summed E-state index contributed by atoms with van der Waals surface area (Å²) in [4.78, 5) is 11.0. The van der Waals surface area contributed by atoms with Crippen LogP contribution in [0.1, 0.15) is 24.3 Å². The van der Waals surface area contributed by atoms with Gasteiger partial charge < -0.3 is 4.52 Å². The van der Waals surface area contributed by atoms with Crippen molar-refractivity contribution in [1.82, 2.24) is 20.0 Å². The topological polar surface area (TPSA) is 55.1 Å². The van der Waals surface area contributed by atoms with E-state index in [2.05, 4.69) is 50.4 Å². The van der Waals surface area contributed by atoms with Crippen molar-refractivity contribution < 1.29 is 4.52 Å². The van der Waals surface area contributed by atoms with Crippen LogP contribution in [0, 0.1) is 5.92 Å². The fourth-order valence-corrected chi connectivity index (χ4v) is 3.42. The molecule has 0 unspecified atom stereocenters. The minimum absolute atomic E-state index is 0.613. The van der Waals surface area contributed by atoms with E-state index >= 15 is 0 Å². The predicted molar refractivity (Wildman–Crippen MR) is 95.7 cm³/mol. The zero-order valence-electron chi connectivity index (χ0n) is 14.2. The number of nitrogens with zero attached hydrogens (tertiary/aromatic N) is 4. The van der Waals surface area contributed by atoms with E-state index < -0.39 is 0 Å². The summed E-state index contributed by atoms with van der Waals surface area (Å²) in [6.45, 7) is 2.90. The van der Waals surface area contributed by atoms with Gasteiger partial charge in [-0.25, -0.2) is 0 Å². The third-order valence-electron chi connectivity index (χ3n) is 4.82. The zero-order valence-corrected chi connectivity index (χ0v) is 14.2. The molecule has 1 saturated heterocycles. The van der Waals surface area contributed by atoms with Gasteiger partial charge in [0.15, 0.2) is 0 Å². The fraction of sp³-hybridized carbons (Fsp3) is 0.350. The van der Waals surface area contributed by atoms with Crippen molar-refractivity contribution in [1.29, 1.82) is 0 Å². The molecule has 0 aliphatic carbocycles. The van der Waals surface area contributed by atoms with E-state index in [1.54, 1.807) is 12.4 Å². The lowest BCUT2D eigenvalue weighted by atomic mass is 9.90. The Morgan fingerprint density at radius 2 is 1.88 bits per heavy atom. The third kappa shape index (κ3) is 4.12. The van der Waals surface area contributed by atoms with Gasteiger partial charge >= 0.3 is 0 Å². The van der Waals surface area contributed by atoms with Crippen molar-refractivity contribution in [2.45, 2.75) is 25.8 Å². The summed E-state index contributed by atoms with van der Waals surface area (Å²) in [5.74, 6) is 2.06. The lowest BCUT2D eigenvalue weighted by Gasteiger charge is -2.31. The van der Waals surface area contributed by atoms with Crippen molar-refractivity contribution in [3.63, 3.8) is 0 Å². The smallest absolute Gasteiger partial charge is 0.241 e. The van der Waals surface area contributed by atoms with Crippen LogP contribution in [0.15, 0.2) is 59.4 Å². The van der Waals surface area contributed by atoms with Gasteiger partial charge in [0.05, 0.1) is 6.54 Å². The van der Waals surface area contributed by atoms with E-state index in [0.29, 0.717) is 11.7 Å². The molecule has 0 atom stereocenters. The molecule has 0 bridgehead atoms. The van der Waals surface area contributed by atoms with E-state index in [1.807, 2.05) is 12.1 Å². The molecule has 0 radical (unpaired) electrons. The van der Waals surface area contributed by atoms with Crippen molar-refractivity contribution in [3.8, 4) is 11.4 Å². The normalized spacial score (nSPS) is 16.2. The standard InChI is InChI=1S/C20H22N4O/c1-2-5-16(6-3-1)13-17-8-11-24(12-9-17)15-19-22-20(23-25-19)18-7-4-10-21-14-18/h1-7,10,14,17H,8-9,11-13,15H2. The molecule has 3 heterocycles. The van der Waals surface area contributed by atoms with Crippen LogP contribution in [0.5, 0.6) is 0 Å². The molecule has 1 fully saturated rings. The van der Waals surface area contributed by atoms with Crippen LogP contribution < -0.4 is 0 Å². The Kier molecular flexibility index (Phi) is 4.84.